The van der Waals surface area contributed by atoms with E-state index in [-0.39, 0.29) is 30.6 Å². The number of rotatable bonds is 11. The van der Waals surface area contributed by atoms with Gasteiger partial charge in [-0.1, -0.05) is 60.2 Å². The molecule has 0 aliphatic heterocycles. The van der Waals surface area contributed by atoms with Gasteiger partial charge in [0.05, 0.1) is 6.61 Å². The molecule has 0 aliphatic carbocycles. The Morgan fingerprint density at radius 2 is 1.62 bits per heavy atom. The number of likely N-dealkylation sites (N-methyl/N-ethyl adjacent to an activating group) is 1. The van der Waals surface area contributed by atoms with Crippen LogP contribution < -0.4 is 10.1 Å². The van der Waals surface area contributed by atoms with E-state index in [0.717, 1.165) is 22.4 Å². The summed E-state index contributed by atoms with van der Waals surface area (Å²) < 4.78 is 19.2. The van der Waals surface area contributed by atoms with Crippen molar-refractivity contribution in [1.29, 1.82) is 0 Å². The van der Waals surface area contributed by atoms with Gasteiger partial charge in [-0.2, -0.15) is 0 Å². The largest absolute Gasteiger partial charge is 0.494 e. The summed E-state index contributed by atoms with van der Waals surface area (Å²) in [7, 11) is 1.57. The van der Waals surface area contributed by atoms with Crippen LogP contribution in [0.15, 0.2) is 78.9 Å². The lowest BCUT2D eigenvalue weighted by Crippen LogP contribution is -2.49. The highest BCUT2D eigenvalue weighted by atomic mass is 19.1. The first-order chi connectivity index (χ1) is 16.5. The molecule has 0 fully saturated rings. The zero-order valence-corrected chi connectivity index (χ0v) is 19.7. The Kier molecular flexibility index (Phi) is 9.21. The number of carbonyl (C=O) groups excluding carboxylic acids is 2. The zero-order valence-electron chi connectivity index (χ0n) is 19.7. The SMILES string of the molecule is CNC(=O)[C@H](Cc1ccccc1)N(Cc1ccc(F)cc1)C(=O)CCCOc1ccc(C)cc1. The van der Waals surface area contributed by atoms with Crippen LogP contribution in [0.5, 0.6) is 5.75 Å². The second-order valence-corrected chi connectivity index (χ2v) is 8.23. The van der Waals surface area contributed by atoms with Crippen LogP contribution in [0.3, 0.4) is 0 Å². The average molecular weight is 463 g/mol. The van der Waals surface area contributed by atoms with Crippen molar-refractivity contribution in [1.82, 2.24) is 10.2 Å². The maximum absolute atomic E-state index is 13.4. The summed E-state index contributed by atoms with van der Waals surface area (Å²) >= 11 is 0. The molecule has 178 valence electrons. The monoisotopic (exact) mass is 462 g/mol. The van der Waals surface area contributed by atoms with Crippen LogP contribution in [0.25, 0.3) is 0 Å². The number of benzene rings is 3. The normalized spacial score (nSPS) is 11.5. The van der Waals surface area contributed by atoms with Gasteiger partial charge in [0.25, 0.3) is 0 Å². The topological polar surface area (TPSA) is 58.6 Å². The molecular formula is C28H31FN2O3. The highest BCUT2D eigenvalue weighted by Gasteiger charge is 2.29. The Balaban J connectivity index is 1.73. The molecule has 6 heteroatoms. The van der Waals surface area contributed by atoms with E-state index in [9.17, 15) is 14.0 Å². The van der Waals surface area contributed by atoms with Gasteiger partial charge in [-0.05, 0) is 48.7 Å². The average Bonchev–Trinajstić information content (AvgIpc) is 2.86. The van der Waals surface area contributed by atoms with Crippen molar-refractivity contribution in [3.63, 3.8) is 0 Å². The first kappa shape index (κ1) is 25.0. The molecule has 0 saturated heterocycles. The van der Waals surface area contributed by atoms with Gasteiger partial charge in [0.15, 0.2) is 0 Å². The Morgan fingerprint density at radius 3 is 2.26 bits per heavy atom. The molecule has 5 nitrogen and oxygen atoms in total. The predicted molar refractivity (Wildman–Crippen MR) is 131 cm³/mol. The summed E-state index contributed by atoms with van der Waals surface area (Å²) in [6.45, 7) is 2.61. The molecule has 3 rings (SSSR count). The Bertz CT molecular complexity index is 1050. The lowest BCUT2D eigenvalue weighted by molar-refractivity contribution is -0.141. The summed E-state index contributed by atoms with van der Waals surface area (Å²) in [4.78, 5) is 27.8. The van der Waals surface area contributed by atoms with Crippen LogP contribution in [0.4, 0.5) is 4.39 Å². The molecule has 3 aromatic rings. The van der Waals surface area contributed by atoms with Crippen LogP contribution in [0.2, 0.25) is 0 Å². The van der Waals surface area contributed by atoms with Crippen LogP contribution in [0.1, 0.15) is 29.5 Å². The number of amides is 2. The number of ether oxygens (including phenoxy) is 1. The van der Waals surface area contributed by atoms with Crippen molar-refractivity contribution in [3.8, 4) is 5.75 Å². The second kappa shape index (κ2) is 12.5. The smallest absolute Gasteiger partial charge is 0.242 e. The first-order valence-corrected chi connectivity index (χ1v) is 11.4. The van der Waals surface area contributed by atoms with Crippen molar-refractivity contribution < 1.29 is 18.7 Å². The van der Waals surface area contributed by atoms with E-state index in [0.29, 0.717) is 19.4 Å². The molecule has 0 aliphatic rings. The molecular weight excluding hydrogens is 431 g/mol. The lowest BCUT2D eigenvalue weighted by Gasteiger charge is -2.31. The lowest BCUT2D eigenvalue weighted by atomic mass is 10.0. The van der Waals surface area contributed by atoms with E-state index in [1.165, 1.54) is 12.1 Å². The summed E-state index contributed by atoms with van der Waals surface area (Å²) in [6.07, 6.45) is 1.13. The number of halogens is 1. The number of hydrogen-bond acceptors (Lipinski definition) is 3. The van der Waals surface area contributed by atoms with E-state index in [2.05, 4.69) is 5.32 Å². The molecule has 0 spiro atoms. The number of carbonyl (C=O) groups is 2. The molecule has 1 N–H and O–H groups in total. The molecule has 2 amide bonds. The van der Waals surface area contributed by atoms with Crippen molar-refractivity contribution in [2.45, 2.75) is 38.8 Å². The predicted octanol–water partition coefficient (Wildman–Crippen LogP) is 4.68. The number of hydrogen-bond donors (Lipinski definition) is 1. The van der Waals surface area contributed by atoms with Crippen molar-refractivity contribution in [2.75, 3.05) is 13.7 Å². The highest BCUT2D eigenvalue weighted by Crippen LogP contribution is 2.17. The third-order valence-corrected chi connectivity index (χ3v) is 5.61. The van der Waals surface area contributed by atoms with Crippen LogP contribution in [-0.4, -0.2) is 36.4 Å². The molecule has 0 unspecified atom stereocenters. The minimum absolute atomic E-state index is 0.152. The molecule has 0 radical (unpaired) electrons. The van der Waals surface area contributed by atoms with Gasteiger partial charge in [0.1, 0.15) is 17.6 Å². The molecule has 0 saturated carbocycles. The third kappa shape index (κ3) is 7.44. The van der Waals surface area contributed by atoms with Gasteiger partial charge in [0, 0.05) is 26.4 Å². The van der Waals surface area contributed by atoms with Crippen LogP contribution in [-0.2, 0) is 22.6 Å². The summed E-state index contributed by atoms with van der Waals surface area (Å²) in [5.74, 6) is 0.0205. The maximum atomic E-state index is 13.4. The van der Waals surface area contributed by atoms with E-state index >= 15 is 0 Å². The van der Waals surface area contributed by atoms with Gasteiger partial charge in [-0.25, -0.2) is 4.39 Å². The van der Waals surface area contributed by atoms with Gasteiger partial charge < -0.3 is 15.0 Å². The van der Waals surface area contributed by atoms with E-state index in [1.54, 1.807) is 24.1 Å². The fourth-order valence-electron chi connectivity index (χ4n) is 3.70. The first-order valence-electron chi connectivity index (χ1n) is 11.4. The number of nitrogens with one attached hydrogen (secondary N) is 1. The molecule has 0 aromatic heterocycles. The standard InChI is InChI=1S/C28H31FN2O3/c1-21-10-16-25(17-11-21)34-18-6-9-27(32)31(20-23-12-14-24(29)15-13-23)26(28(33)30-2)19-22-7-4-3-5-8-22/h3-5,7-8,10-17,26H,6,9,18-20H2,1-2H3,(H,30,33)/t26-/m0/s1. The fourth-order valence-corrected chi connectivity index (χ4v) is 3.70. The molecule has 0 bridgehead atoms. The third-order valence-electron chi connectivity index (χ3n) is 5.61. The zero-order chi connectivity index (χ0) is 24.3. The van der Waals surface area contributed by atoms with Crippen molar-refractivity contribution >= 4 is 11.8 Å². The molecule has 1 atom stereocenters. The van der Waals surface area contributed by atoms with E-state index in [1.807, 2.05) is 61.5 Å². The Labute approximate surface area is 200 Å². The molecule has 34 heavy (non-hydrogen) atoms. The van der Waals surface area contributed by atoms with Gasteiger partial charge in [0.2, 0.25) is 11.8 Å². The van der Waals surface area contributed by atoms with E-state index in [4.69, 9.17) is 4.74 Å². The number of aryl methyl sites for hydroxylation is 1. The van der Waals surface area contributed by atoms with Gasteiger partial charge in [-0.15, -0.1) is 0 Å². The number of nitrogens with zero attached hydrogens (tertiary/aromatic N) is 1. The fraction of sp³-hybridized carbons (Fsp3) is 0.286. The highest BCUT2D eigenvalue weighted by molar-refractivity contribution is 5.87. The summed E-state index contributed by atoms with van der Waals surface area (Å²) in [6, 6.07) is 22.7. The van der Waals surface area contributed by atoms with Crippen LogP contribution in [0, 0.1) is 12.7 Å². The van der Waals surface area contributed by atoms with Crippen molar-refractivity contribution in [3.05, 3.63) is 101 Å². The second-order valence-electron chi connectivity index (χ2n) is 8.23. The summed E-state index contributed by atoms with van der Waals surface area (Å²) in [5.41, 5.74) is 2.86. The minimum Gasteiger partial charge on any atom is -0.494 e. The Morgan fingerprint density at radius 1 is 0.941 bits per heavy atom. The van der Waals surface area contributed by atoms with Crippen LogP contribution >= 0.6 is 0 Å². The summed E-state index contributed by atoms with van der Waals surface area (Å²) in [5, 5.41) is 2.69. The quantitative estimate of drug-likeness (QED) is 0.421. The van der Waals surface area contributed by atoms with Gasteiger partial charge in [-0.3, -0.25) is 9.59 Å². The molecule has 3 aromatic carbocycles. The van der Waals surface area contributed by atoms with E-state index < -0.39 is 6.04 Å². The molecule has 0 heterocycles. The Hall–Kier alpha value is -3.67. The van der Waals surface area contributed by atoms with Crippen molar-refractivity contribution in [2.24, 2.45) is 0 Å². The van der Waals surface area contributed by atoms with Gasteiger partial charge >= 0.3 is 0 Å². The maximum Gasteiger partial charge on any atom is 0.242 e. The minimum atomic E-state index is -0.692.